The van der Waals surface area contributed by atoms with E-state index in [-0.39, 0.29) is 12.5 Å². The highest BCUT2D eigenvalue weighted by Gasteiger charge is 2.26. The van der Waals surface area contributed by atoms with Crippen molar-refractivity contribution in [2.75, 3.05) is 24.3 Å². The van der Waals surface area contributed by atoms with E-state index in [1.54, 1.807) is 0 Å². The zero-order chi connectivity index (χ0) is 15.3. The Morgan fingerprint density at radius 3 is 2.40 bits per heavy atom. The Kier molecular flexibility index (Phi) is 5.72. The Hall–Kier alpha value is -1.39. The molecule has 0 amide bonds. The zero-order valence-electron chi connectivity index (χ0n) is 12.5. The van der Waals surface area contributed by atoms with Gasteiger partial charge in [-0.25, -0.2) is 0 Å². The molecule has 114 valence electrons. The Morgan fingerprint density at radius 1 is 1.25 bits per heavy atom. The lowest BCUT2D eigenvalue weighted by Gasteiger charge is -2.19. The third-order valence-corrected chi connectivity index (χ3v) is 3.23. The van der Waals surface area contributed by atoms with Gasteiger partial charge in [-0.2, -0.15) is 13.2 Å². The van der Waals surface area contributed by atoms with Gasteiger partial charge in [0.25, 0.3) is 0 Å². The number of nitrogens with zero attached hydrogens (tertiary/aromatic N) is 1. The van der Waals surface area contributed by atoms with Crippen LogP contribution in [-0.2, 0) is 0 Å². The SMILES string of the molecule is Cc1cc(N(C)C)ccc1NC(C)CCCC(F)(F)F. The molecule has 0 aliphatic rings. The first kappa shape index (κ1) is 16.7. The van der Waals surface area contributed by atoms with E-state index in [1.165, 1.54) is 0 Å². The minimum Gasteiger partial charge on any atom is -0.382 e. The van der Waals surface area contributed by atoms with Crippen LogP contribution in [0, 0.1) is 6.92 Å². The zero-order valence-corrected chi connectivity index (χ0v) is 12.5. The van der Waals surface area contributed by atoms with Gasteiger partial charge in [-0.3, -0.25) is 0 Å². The molecule has 1 N–H and O–H groups in total. The smallest absolute Gasteiger partial charge is 0.382 e. The highest BCUT2D eigenvalue weighted by atomic mass is 19.4. The van der Waals surface area contributed by atoms with Crippen molar-refractivity contribution < 1.29 is 13.2 Å². The largest absolute Gasteiger partial charge is 0.389 e. The fraction of sp³-hybridized carbons (Fsp3) is 0.600. The molecule has 1 aromatic rings. The van der Waals surface area contributed by atoms with Gasteiger partial charge in [0.05, 0.1) is 0 Å². The molecule has 0 spiro atoms. The summed E-state index contributed by atoms with van der Waals surface area (Å²) >= 11 is 0. The monoisotopic (exact) mass is 288 g/mol. The molecule has 0 radical (unpaired) electrons. The average molecular weight is 288 g/mol. The van der Waals surface area contributed by atoms with E-state index in [0.29, 0.717) is 6.42 Å². The molecule has 0 bridgehead atoms. The van der Waals surface area contributed by atoms with Gasteiger partial charge in [-0.15, -0.1) is 0 Å². The summed E-state index contributed by atoms with van der Waals surface area (Å²) in [6, 6.07) is 6.06. The van der Waals surface area contributed by atoms with Crippen LogP contribution in [0.3, 0.4) is 0 Å². The Balaban J connectivity index is 2.52. The molecule has 1 rings (SSSR count). The maximum Gasteiger partial charge on any atom is 0.389 e. The summed E-state index contributed by atoms with van der Waals surface area (Å²) in [7, 11) is 3.95. The summed E-state index contributed by atoms with van der Waals surface area (Å²) in [5, 5.41) is 3.28. The highest BCUT2D eigenvalue weighted by molar-refractivity contribution is 5.60. The van der Waals surface area contributed by atoms with Gasteiger partial charge in [0.15, 0.2) is 0 Å². The maximum absolute atomic E-state index is 12.1. The number of hydrogen-bond acceptors (Lipinski definition) is 2. The summed E-state index contributed by atoms with van der Waals surface area (Å²) in [6.45, 7) is 3.91. The second kappa shape index (κ2) is 6.86. The molecule has 5 heteroatoms. The summed E-state index contributed by atoms with van der Waals surface area (Å²) in [5.41, 5.74) is 3.19. The van der Waals surface area contributed by atoms with Gasteiger partial charge in [-0.1, -0.05) is 0 Å². The van der Waals surface area contributed by atoms with Crippen LogP contribution in [-0.4, -0.2) is 26.3 Å². The Bertz CT molecular complexity index is 428. The van der Waals surface area contributed by atoms with E-state index in [4.69, 9.17) is 0 Å². The molecule has 1 unspecified atom stereocenters. The van der Waals surface area contributed by atoms with Crippen LogP contribution >= 0.6 is 0 Å². The lowest BCUT2D eigenvalue weighted by atomic mass is 10.1. The van der Waals surface area contributed by atoms with E-state index in [1.807, 2.05) is 45.0 Å². The lowest BCUT2D eigenvalue weighted by Crippen LogP contribution is -2.17. The summed E-state index contributed by atoms with van der Waals surface area (Å²) in [5.74, 6) is 0. The molecule has 0 saturated heterocycles. The Morgan fingerprint density at radius 2 is 1.90 bits per heavy atom. The molecule has 2 nitrogen and oxygen atoms in total. The molecule has 0 fully saturated rings. The molecule has 0 aliphatic heterocycles. The van der Waals surface area contributed by atoms with Gasteiger partial charge in [0, 0.05) is 37.9 Å². The molecule has 1 atom stereocenters. The van der Waals surface area contributed by atoms with Gasteiger partial charge >= 0.3 is 6.18 Å². The fourth-order valence-corrected chi connectivity index (χ4v) is 2.03. The van der Waals surface area contributed by atoms with Crippen LogP contribution in [0.15, 0.2) is 18.2 Å². The fourth-order valence-electron chi connectivity index (χ4n) is 2.03. The molecule has 1 aromatic carbocycles. The second-order valence-corrected chi connectivity index (χ2v) is 5.45. The van der Waals surface area contributed by atoms with Gasteiger partial charge in [0.1, 0.15) is 0 Å². The van der Waals surface area contributed by atoms with E-state index < -0.39 is 12.6 Å². The first-order valence-electron chi connectivity index (χ1n) is 6.80. The maximum atomic E-state index is 12.1. The molecular formula is C15H23F3N2. The number of nitrogens with one attached hydrogen (secondary N) is 1. The lowest BCUT2D eigenvalue weighted by molar-refractivity contribution is -0.135. The van der Waals surface area contributed by atoms with Crippen molar-refractivity contribution in [2.24, 2.45) is 0 Å². The van der Waals surface area contributed by atoms with Crippen LogP contribution in [0.2, 0.25) is 0 Å². The topological polar surface area (TPSA) is 15.3 Å². The molecule has 0 aromatic heterocycles. The normalized spacial score (nSPS) is 13.2. The van der Waals surface area contributed by atoms with E-state index >= 15 is 0 Å². The van der Waals surface area contributed by atoms with E-state index in [2.05, 4.69) is 11.4 Å². The van der Waals surface area contributed by atoms with Crippen molar-refractivity contribution in [1.29, 1.82) is 0 Å². The van der Waals surface area contributed by atoms with Crippen molar-refractivity contribution in [3.8, 4) is 0 Å². The van der Waals surface area contributed by atoms with Crippen molar-refractivity contribution in [3.05, 3.63) is 23.8 Å². The van der Waals surface area contributed by atoms with E-state index in [9.17, 15) is 13.2 Å². The van der Waals surface area contributed by atoms with Gasteiger partial charge in [-0.05, 0) is 50.5 Å². The first-order valence-corrected chi connectivity index (χ1v) is 6.80. The molecule has 0 aliphatic carbocycles. The van der Waals surface area contributed by atoms with Gasteiger partial charge < -0.3 is 10.2 Å². The predicted molar refractivity (Wildman–Crippen MR) is 78.5 cm³/mol. The van der Waals surface area contributed by atoms with Crippen molar-refractivity contribution in [2.45, 2.75) is 45.3 Å². The number of rotatable bonds is 6. The van der Waals surface area contributed by atoms with Crippen LogP contribution < -0.4 is 10.2 Å². The molecular weight excluding hydrogens is 265 g/mol. The highest BCUT2D eigenvalue weighted by Crippen LogP contribution is 2.25. The van der Waals surface area contributed by atoms with Crippen LogP contribution in [0.1, 0.15) is 31.7 Å². The van der Waals surface area contributed by atoms with Gasteiger partial charge in [0.2, 0.25) is 0 Å². The third-order valence-electron chi connectivity index (χ3n) is 3.23. The number of alkyl halides is 3. The minimum absolute atomic E-state index is 0.0289. The summed E-state index contributed by atoms with van der Waals surface area (Å²) in [4.78, 5) is 2.02. The summed E-state index contributed by atoms with van der Waals surface area (Å²) in [6.07, 6.45) is -4.10. The quantitative estimate of drug-likeness (QED) is 0.823. The number of anilines is 2. The molecule has 0 heterocycles. The average Bonchev–Trinajstić information content (AvgIpc) is 2.29. The predicted octanol–water partition coefficient (Wildman–Crippen LogP) is 4.59. The first-order chi connectivity index (χ1) is 9.19. The minimum atomic E-state index is -4.05. The third kappa shape index (κ3) is 5.72. The van der Waals surface area contributed by atoms with Crippen molar-refractivity contribution in [1.82, 2.24) is 0 Å². The Labute approximate surface area is 119 Å². The van der Waals surface area contributed by atoms with Crippen LogP contribution in [0.4, 0.5) is 24.5 Å². The van der Waals surface area contributed by atoms with E-state index in [0.717, 1.165) is 16.9 Å². The van der Waals surface area contributed by atoms with Crippen LogP contribution in [0.25, 0.3) is 0 Å². The number of benzene rings is 1. The molecule has 20 heavy (non-hydrogen) atoms. The van der Waals surface area contributed by atoms with Crippen molar-refractivity contribution in [3.63, 3.8) is 0 Å². The number of hydrogen-bond donors (Lipinski definition) is 1. The number of halogens is 3. The van der Waals surface area contributed by atoms with Crippen molar-refractivity contribution >= 4 is 11.4 Å². The van der Waals surface area contributed by atoms with Crippen LogP contribution in [0.5, 0.6) is 0 Å². The second-order valence-electron chi connectivity index (χ2n) is 5.45. The number of aryl methyl sites for hydroxylation is 1. The molecule has 0 saturated carbocycles. The standard InChI is InChI=1S/C15H23F3N2/c1-11-10-13(20(3)4)7-8-14(11)19-12(2)6-5-9-15(16,17)18/h7-8,10,12,19H,5-6,9H2,1-4H3. The summed E-state index contributed by atoms with van der Waals surface area (Å²) < 4.78 is 36.3.